The maximum absolute atomic E-state index is 5.05. The molecule has 0 bridgehead atoms. The summed E-state index contributed by atoms with van der Waals surface area (Å²) >= 11 is 0. The van der Waals surface area contributed by atoms with Gasteiger partial charge in [0.1, 0.15) is 5.65 Å². The fourth-order valence-electron chi connectivity index (χ4n) is 8.76. The molecule has 55 heavy (non-hydrogen) atoms. The summed E-state index contributed by atoms with van der Waals surface area (Å²) in [6.45, 7) is 0. The van der Waals surface area contributed by atoms with Crippen molar-refractivity contribution in [3.63, 3.8) is 0 Å². The molecule has 0 spiro atoms. The zero-order valence-corrected chi connectivity index (χ0v) is 30.0. The lowest BCUT2D eigenvalue weighted by atomic mass is 9.81. The van der Waals surface area contributed by atoms with Crippen LogP contribution >= 0.6 is 0 Å². The van der Waals surface area contributed by atoms with Crippen LogP contribution in [0.3, 0.4) is 0 Å². The summed E-state index contributed by atoms with van der Waals surface area (Å²) in [4.78, 5) is 5.05. The SMILES string of the molecule is c1ccc(-c2ccn3cc(-c4ccc(-c5c6ccccc6c(-c6c7ccccc7c(-c7ccccc7)c7ccccc67)c6ccccc56)cc4)nc3c2)cc1. The van der Waals surface area contributed by atoms with E-state index in [-0.39, 0.29) is 0 Å². The molecule has 0 saturated carbocycles. The van der Waals surface area contributed by atoms with Gasteiger partial charge in [0.2, 0.25) is 0 Å². The topological polar surface area (TPSA) is 17.3 Å². The number of aromatic nitrogens is 2. The lowest BCUT2D eigenvalue weighted by Crippen LogP contribution is -1.94. The van der Waals surface area contributed by atoms with Crippen LogP contribution in [0.15, 0.2) is 207 Å². The second kappa shape index (κ2) is 12.7. The van der Waals surface area contributed by atoms with Crippen molar-refractivity contribution >= 4 is 48.7 Å². The van der Waals surface area contributed by atoms with E-state index in [0.29, 0.717) is 0 Å². The maximum atomic E-state index is 5.05. The van der Waals surface area contributed by atoms with Crippen LogP contribution in [0, 0.1) is 0 Å². The molecule has 0 aliphatic carbocycles. The number of hydrogen-bond donors (Lipinski definition) is 0. The molecule has 256 valence electrons. The van der Waals surface area contributed by atoms with E-state index in [1.54, 1.807) is 0 Å². The van der Waals surface area contributed by atoms with E-state index in [0.717, 1.165) is 22.5 Å². The van der Waals surface area contributed by atoms with Gasteiger partial charge in [0.25, 0.3) is 0 Å². The molecule has 11 rings (SSSR count). The first-order chi connectivity index (χ1) is 27.3. The first-order valence-corrected chi connectivity index (χ1v) is 18.9. The zero-order chi connectivity index (χ0) is 36.3. The van der Waals surface area contributed by atoms with Crippen molar-refractivity contribution in [3.8, 4) is 55.8 Å². The molecule has 0 fully saturated rings. The van der Waals surface area contributed by atoms with Crippen LogP contribution in [0.1, 0.15) is 0 Å². The maximum Gasteiger partial charge on any atom is 0.138 e. The summed E-state index contributed by atoms with van der Waals surface area (Å²) in [6, 6.07) is 70.4. The summed E-state index contributed by atoms with van der Waals surface area (Å²) in [5.74, 6) is 0. The van der Waals surface area contributed by atoms with Crippen molar-refractivity contribution in [2.24, 2.45) is 0 Å². The van der Waals surface area contributed by atoms with Crippen LogP contribution in [-0.4, -0.2) is 9.38 Å². The van der Waals surface area contributed by atoms with Crippen molar-refractivity contribution in [3.05, 3.63) is 207 Å². The highest BCUT2D eigenvalue weighted by Gasteiger charge is 2.22. The second-order valence-corrected chi connectivity index (χ2v) is 14.3. The Balaban J connectivity index is 1.11. The lowest BCUT2D eigenvalue weighted by Gasteiger charge is -2.22. The first kappa shape index (κ1) is 31.3. The van der Waals surface area contributed by atoms with Crippen molar-refractivity contribution in [2.75, 3.05) is 0 Å². The molecule has 0 atom stereocenters. The van der Waals surface area contributed by atoms with Crippen LogP contribution in [0.25, 0.3) is 105 Å². The van der Waals surface area contributed by atoms with Gasteiger partial charge in [0.05, 0.1) is 5.69 Å². The van der Waals surface area contributed by atoms with Crippen LogP contribution in [0.2, 0.25) is 0 Å². The van der Waals surface area contributed by atoms with Crippen LogP contribution in [-0.2, 0) is 0 Å². The molecule has 0 radical (unpaired) electrons. The fourth-order valence-corrected chi connectivity index (χ4v) is 8.76. The van der Waals surface area contributed by atoms with Gasteiger partial charge >= 0.3 is 0 Å². The Morgan fingerprint density at radius 3 is 1.11 bits per heavy atom. The highest BCUT2D eigenvalue weighted by molar-refractivity contribution is 6.29. The smallest absolute Gasteiger partial charge is 0.138 e. The first-order valence-electron chi connectivity index (χ1n) is 18.9. The van der Waals surface area contributed by atoms with Gasteiger partial charge in [-0.3, -0.25) is 0 Å². The summed E-state index contributed by atoms with van der Waals surface area (Å²) < 4.78 is 2.11. The highest BCUT2D eigenvalue weighted by Crippen LogP contribution is 2.50. The number of hydrogen-bond acceptors (Lipinski definition) is 1. The van der Waals surface area contributed by atoms with E-state index in [1.807, 2.05) is 6.07 Å². The summed E-state index contributed by atoms with van der Waals surface area (Å²) in [6.07, 6.45) is 4.22. The molecule has 0 aliphatic rings. The number of benzene rings is 9. The number of rotatable bonds is 5. The molecule has 0 aliphatic heterocycles. The standard InChI is InChI=1S/C53H34N2/c1-3-15-35(16-4-1)39-31-32-55-34-48(54-49(55)33-39)36-27-29-38(30-28-36)51-42-21-9-13-25-46(42)53(47-26-14-10-22-43(47)51)52-44-23-11-7-19-40(44)50(37-17-5-2-6-18-37)41-20-8-12-24-45(41)52/h1-34H. The molecule has 0 amide bonds. The summed E-state index contributed by atoms with van der Waals surface area (Å²) in [5.41, 5.74) is 12.8. The van der Waals surface area contributed by atoms with Gasteiger partial charge in [-0.25, -0.2) is 4.98 Å². The zero-order valence-electron chi connectivity index (χ0n) is 30.0. The normalized spacial score (nSPS) is 11.6. The Kier molecular flexibility index (Phi) is 7.21. The molecule has 0 saturated heterocycles. The minimum absolute atomic E-state index is 0.935. The average Bonchev–Trinajstić information content (AvgIpc) is 3.69. The van der Waals surface area contributed by atoms with E-state index in [4.69, 9.17) is 4.98 Å². The van der Waals surface area contributed by atoms with E-state index in [1.165, 1.54) is 82.0 Å². The third-order valence-corrected chi connectivity index (χ3v) is 11.2. The predicted octanol–water partition coefficient (Wildman–Crippen LogP) is 14.3. The van der Waals surface area contributed by atoms with Gasteiger partial charge in [-0.05, 0) is 99.7 Å². The number of fused-ring (bicyclic) bond motifs is 5. The van der Waals surface area contributed by atoms with Crippen LogP contribution < -0.4 is 0 Å². The van der Waals surface area contributed by atoms with Gasteiger partial charge in [0, 0.05) is 18.0 Å². The molecular formula is C53H34N2. The monoisotopic (exact) mass is 698 g/mol. The minimum Gasteiger partial charge on any atom is -0.306 e. The third-order valence-electron chi connectivity index (χ3n) is 11.2. The minimum atomic E-state index is 0.935. The van der Waals surface area contributed by atoms with Gasteiger partial charge in [-0.2, -0.15) is 0 Å². The van der Waals surface area contributed by atoms with Crippen molar-refractivity contribution in [1.29, 1.82) is 0 Å². The van der Waals surface area contributed by atoms with Crippen LogP contribution in [0.4, 0.5) is 0 Å². The molecule has 2 aromatic heterocycles. The molecule has 2 heterocycles. The summed E-state index contributed by atoms with van der Waals surface area (Å²) in [7, 11) is 0. The third kappa shape index (κ3) is 5.07. The number of pyridine rings is 1. The van der Waals surface area contributed by atoms with E-state index >= 15 is 0 Å². The van der Waals surface area contributed by atoms with Crippen molar-refractivity contribution in [1.82, 2.24) is 9.38 Å². The quantitative estimate of drug-likeness (QED) is 0.164. The molecular weight excluding hydrogens is 665 g/mol. The molecule has 2 heteroatoms. The van der Waals surface area contributed by atoms with Crippen molar-refractivity contribution in [2.45, 2.75) is 0 Å². The molecule has 9 aromatic carbocycles. The Morgan fingerprint density at radius 1 is 0.291 bits per heavy atom. The average molecular weight is 699 g/mol. The van der Waals surface area contributed by atoms with E-state index in [2.05, 4.69) is 205 Å². The molecule has 11 aromatic rings. The predicted molar refractivity (Wildman–Crippen MR) is 232 cm³/mol. The Hall–Kier alpha value is -7.29. The molecule has 0 N–H and O–H groups in total. The van der Waals surface area contributed by atoms with Gasteiger partial charge < -0.3 is 4.40 Å². The Morgan fingerprint density at radius 2 is 0.655 bits per heavy atom. The number of nitrogens with zero attached hydrogens (tertiary/aromatic N) is 2. The lowest BCUT2D eigenvalue weighted by molar-refractivity contribution is 1.19. The van der Waals surface area contributed by atoms with E-state index in [9.17, 15) is 0 Å². The Bertz CT molecular complexity index is 3120. The van der Waals surface area contributed by atoms with Gasteiger partial charge in [-0.15, -0.1) is 0 Å². The van der Waals surface area contributed by atoms with Crippen LogP contribution in [0.5, 0.6) is 0 Å². The second-order valence-electron chi connectivity index (χ2n) is 14.3. The van der Waals surface area contributed by atoms with Crippen molar-refractivity contribution < 1.29 is 0 Å². The van der Waals surface area contributed by atoms with Gasteiger partial charge in [0.15, 0.2) is 0 Å². The number of imidazole rings is 1. The van der Waals surface area contributed by atoms with E-state index < -0.39 is 0 Å². The largest absolute Gasteiger partial charge is 0.306 e. The highest BCUT2D eigenvalue weighted by atomic mass is 15.0. The van der Waals surface area contributed by atoms with Gasteiger partial charge in [-0.1, -0.05) is 182 Å². The summed E-state index contributed by atoms with van der Waals surface area (Å²) in [5, 5.41) is 10.0. The molecule has 2 nitrogen and oxygen atoms in total. The fraction of sp³-hybridized carbons (Fsp3) is 0. The Labute approximate surface area is 319 Å². The molecule has 0 unspecified atom stereocenters.